The van der Waals surface area contributed by atoms with E-state index >= 15 is 0 Å². The van der Waals surface area contributed by atoms with Crippen molar-refractivity contribution < 1.29 is 9.13 Å². The predicted octanol–water partition coefficient (Wildman–Crippen LogP) is 2.17. The van der Waals surface area contributed by atoms with Crippen LogP contribution in [0.5, 0.6) is 0 Å². The number of hydrogen-bond donors (Lipinski definition) is 1. The first-order valence-corrected chi connectivity index (χ1v) is 5.68. The van der Waals surface area contributed by atoms with Crippen LogP contribution in [0, 0.1) is 0 Å². The van der Waals surface area contributed by atoms with E-state index in [1.165, 1.54) is 0 Å². The number of hydrogen-bond acceptors (Lipinski definition) is 2. The summed E-state index contributed by atoms with van der Waals surface area (Å²) in [6.45, 7) is 1.18. The van der Waals surface area contributed by atoms with E-state index in [-0.39, 0.29) is 5.54 Å². The van der Waals surface area contributed by atoms with Crippen molar-refractivity contribution in [2.24, 2.45) is 5.73 Å². The molecule has 1 saturated heterocycles. The van der Waals surface area contributed by atoms with E-state index in [1.54, 1.807) is 0 Å². The molecule has 0 aromatic heterocycles. The lowest BCUT2D eigenvalue weighted by atomic mass is 9.89. The highest BCUT2D eigenvalue weighted by atomic mass is 19.1. The van der Waals surface area contributed by atoms with Crippen LogP contribution in [-0.4, -0.2) is 24.4 Å². The summed E-state index contributed by atoms with van der Waals surface area (Å²) in [6.07, 6.45) is 6.03. The molecule has 0 atom stereocenters. The van der Waals surface area contributed by atoms with Crippen LogP contribution in [0.2, 0.25) is 0 Å². The molecule has 1 saturated carbocycles. The van der Waals surface area contributed by atoms with Gasteiger partial charge in [-0.25, -0.2) is 4.39 Å². The van der Waals surface area contributed by atoms with Crippen LogP contribution in [0.4, 0.5) is 4.39 Å². The predicted molar refractivity (Wildman–Crippen MR) is 53.9 cm³/mol. The van der Waals surface area contributed by atoms with Gasteiger partial charge in [0.2, 0.25) is 0 Å². The molecule has 3 heteroatoms. The van der Waals surface area contributed by atoms with E-state index in [0.29, 0.717) is 32.5 Å². The third-order valence-corrected chi connectivity index (χ3v) is 3.58. The molecule has 2 aliphatic rings. The Kier molecular flexibility index (Phi) is 2.80. The average molecular weight is 201 g/mol. The molecule has 0 aromatic rings. The van der Waals surface area contributed by atoms with Crippen molar-refractivity contribution in [1.82, 2.24) is 0 Å². The van der Waals surface area contributed by atoms with Crippen molar-refractivity contribution in [2.75, 3.05) is 13.2 Å². The first-order valence-electron chi connectivity index (χ1n) is 5.68. The molecular formula is C11H20FNO. The fourth-order valence-electron chi connectivity index (χ4n) is 2.16. The molecule has 0 spiro atoms. The summed E-state index contributed by atoms with van der Waals surface area (Å²) < 4.78 is 19.2. The van der Waals surface area contributed by atoms with Gasteiger partial charge in [0, 0.05) is 31.6 Å². The highest BCUT2D eigenvalue weighted by Gasteiger charge is 2.39. The number of nitrogens with two attached hydrogens (primary N) is 1. The van der Waals surface area contributed by atoms with Crippen LogP contribution in [0.1, 0.15) is 44.9 Å². The van der Waals surface area contributed by atoms with E-state index in [1.807, 2.05) is 0 Å². The van der Waals surface area contributed by atoms with Crippen molar-refractivity contribution in [3.8, 4) is 0 Å². The van der Waals surface area contributed by atoms with Crippen LogP contribution in [-0.2, 0) is 4.74 Å². The van der Waals surface area contributed by atoms with Crippen LogP contribution < -0.4 is 5.73 Å². The van der Waals surface area contributed by atoms with Crippen molar-refractivity contribution in [1.29, 1.82) is 0 Å². The van der Waals surface area contributed by atoms with Gasteiger partial charge in [-0.1, -0.05) is 0 Å². The van der Waals surface area contributed by atoms with E-state index in [9.17, 15) is 4.39 Å². The molecule has 2 nitrogen and oxygen atoms in total. The van der Waals surface area contributed by atoms with Crippen LogP contribution in [0.15, 0.2) is 0 Å². The smallest absolute Gasteiger partial charge is 0.115 e. The molecule has 1 aliphatic carbocycles. The molecule has 0 aromatic carbocycles. The van der Waals surface area contributed by atoms with Crippen molar-refractivity contribution in [3.63, 3.8) is 0 Å². The summed E-state index contributed by atoms with van der Waals surface area (Å²) in [5.74, 6) is 0. The summed E-state index contributed by atoms with van der Waals surface area (Å²) in [7, 11) is 0. The maximum absolute atomic E-state index is 14.0. The van der Waals surface area contributed by atoms with Crippen molar-refractivity contribution in [2.45, 2.75) is 56.2 Å². The Balaban J connectivity index is 1.67. The zero-order valence-corrected chi connectivity index (χ0v) is 8.73. The van der Waals surface area contributed by atoms with E-state index in [0.717, 1.165) is 25.7 Å². The first-order chi connectivity index (χ1) is 6.62. The second-order valence-corrected chi connectivity index (χ2v) is 4.98. The lowest BCUT2D eigenvalue weighted by Gasteiger charge is -2.29. The standard InChI is InChI=1S/C11H20FNO/c12-10(6-8-14-9-7-10)2-1-3-11(13)4-5-11/h1-9,13H2. The summed E-state index contributed by atoms with van der Waals surface area (Å²) in [5.41, 5.74) is 5.09. The summed E-state index contributed by atoms with van der Waals surface area (Å²) in [6, 6.07) is 0. The molecule has 0 amide bonds. The summed E-state index contributed by atoms with van der Waals surface area (Å²) in [5, 5.41) is 0. The first kappa shape index (κ1) is 10.4. The Bertz CT molecular complexity index is 197. The molecule has 0 unspecified atom stereocenters. The van der Waals surface area contributed by atoms with Crippen LogP contribution in [0.3, 0.4) is 0 Å². The topological polar surface area (TPSA) is 35.2 Å². The lowest BCUT2D eigenvalue weighted by Crippen LogP contribution is -2.32. The minimum Gasteiger partial charge on any atom is -0.381 e. The third-order valence-electron chi connectivity index (χ3n) is 3.58. The highest BCUT2D eigenvalue weighted by molar-refractivity contribution is 4.98. The number of alkyl halides is 1. The normalized spacial score (nSPS) is 28.7. The zero-order valence-electron chi connectivity index (χ0n) is 8.73. The Labute approximate surface area is 85.0 Å². The van der Waals surface area contributed by atoms with Gasteiger partial charge < -0.3 is 10.5 Å². The molecule has 2 rings (SSSR count). The van der Waals surface area contributed by atoms with Crippen molar-refractivity contribution in [3.05, 3.63) is 0 Å². The van der Waals surface area contributed by atoms with Crippen LogP contribution >= 0.6 is 0 Å². The second kappa shape index (κ2) is 3.78. The number of rotatable bonds is 4. The van der Waals surface area contributed by atoms with Gasteiger partial charge in [0.25, 0.3) is 0 Å². The average Bonchev–Trinajstić information content (AvgIpc) is 2.85. The summed E-state index contributed by atoms with van der Waals surface area (Å²) >= 11 is 0. The molecular weight excluding hydrogens is 181 g/mol. The highest BCUT2D eigenvalue weighted by Crippen LogP contribution is 2.39. The third kappa shape index (κ3) is 2.67. The monoisotopic (exact) mass is 201 g/mol. The Morgan fingerprint density at radius 3 is 2.29 bits per heavy atom. The molecule has 82 valence electrons. The molecule has 14 heavy (non-hydrogen) atoms. The zero-order chi connectivity index (χ0) is 10.1. The van der Waals surface area contributed by atoms with Crippen LogP contribution in [0.25, 0.3) is 0 Å². The Morgan fingerprint density at radius 2 is 1.71 bits per heavy atom. The molecule has 1 heterocycles. The maximum atomic E-state index is 14.0. The maximum Gasteiger partial charge on any atom is 0.115 e. The quantitative estimate of drug-likeness (QED) is 0.756. The minimum atomic E-state index is -0.955. The van der Waals surface area contributed by atoms with Gasteiger partial charge in [0.1, 0.15) is 5.67 Å². The van der Waals surface area contributed by atoms with E-state index in [2.05, 4.69) is 0 Å². The Morgan fingerprint density at radius 1 is 1.07 bits per heavy atom. The summed E-state index contributed by atoms with van der Waals surface area (Å²) in [4.78, 5) is 0. The fraction of sp³-hybridized carbons (Fsp3) is 1.00. The fourth-order valence-corrected chi connectivity index (χ4v) is 2.16. The van der Waals surface area contributed by atoms with Gasteiger partial charge in [-0.3, -0.25) is 0 Å². The lowest BCUT2D eigenvalue weighted by molar-refractivity contribution is -0.0145. The van der Waals surface area contributed by atoms with Crippen molar-refractivity contribution >= 4 is 0 Å². The van der Waals surface area contributed by atoms with Gasteiger partial charge in [-0.15, -0.1) is 0 Å². The van der Waals surface area contributed by atoms with Gasteiger partial charge in [0.05, 0.1) is 0 Å². The van der Waals surface area contributed by atoms with Gasteiger partial charge in [-0.05, 0) is 32.1 Å². The molecule has 0 radical (unpaired) electrons. The Hall–Kier alpha value is -0.150. The second-order valence-electron chi connectivity index (χ2n) is 4.98. The number of ether oxygens (including phenoxy) is 1. The largest absolute Gasteiger partial charge is 0.381 e. The number of halogens is 1. The minimum absolute atomic E-state index is 0.0848. The molecule has 0 bridgehead atoms. The van der Waals surface area contributed by atoms with E-state index < -0.39 is 5.67 Å². The molecule has 2 N–H and O–H groups in total. The van der Waals surface area contributed by atoms with Gasteiger partial charge in [0.15, 0.2) is 0 Å². The molecule has 1 aliphatic heterocycles. The van der Waals surface area contributed by atoms with Gasteiger partial charge >= 0.3 is 0 Å². The molecule has 2 fully saturated rings. The van der Waals surface area contributed by atoms with E-state index in [4.69, 9.17) is 10.5 Å². The van der Waals surface area contributed by atoms with Gasteiger partial charge in [-0.2, -0.15) is 0 Å². The SMILES string of the molecule is NC1(CCCC2(F)CCOCC2)CC1.